The summed E-state index contributed by atoms with van der Waals surface area (Å²) in [5.74, 6) is -0.0516. The van der Waals surface area contributed by atoms with Crippen LogP contribution in [0.3, 0.4) is 0 Å². The van der Waals surface area contributed by atoms with Crippen molar-refractivity contribution in [2.45, 2.75) is 19.0 Å². The van der Waals surface area contributed by atoms with E-state index >= 15 is 0 Å². The molecule has 3 rings (SSSR count). The van der Waals surface area contributed by atoms with Crippen molar-refractivity contribution >= 4 is 11.6 Å². The Kier molecular flexibility index (Phi) is 3.20. The Bertz CT molecular complexity index is 585. The van der Waals surface area contributed by atoms with Crippen LogP contribution >= 0.6 is 0 Å². The first-order valence-electron chi connectivity index (χ1n) is 6.19. The molecule has 96 valence electrons. The number of carbonyl (C=O) groups is 1. The average molecular weight is 254 g/mol. The van der Waals surface area contributed by atoms with Crippen LogP contribution in [0.15, 0.2) is 43.0 Å². The highest BCUT2D eigenvalue weighted by Crippen LogP contribution is 2.17. The van der Waals surface area contributed by atoms with Gasteiger partial charge < -0.3 is 10.6 Å². The number of anilines is 1. The van der Waals surface area contributed by atoms with E-state index in [-0.39, 0.29) is 11.9 Å². The molecule has 1 aliphatic heterocycles. The van der Waals surface area contributed by atoms with Gasteiger partial charge in [0.1, 0.15) is 6.33 Å². The molecular formula is C14H14N4O. The standard InChI is InChI=1S/C14H14N4O/c19-14(18-12-7-15-9-16-8-12)13-5-10-3-1-2-4-11(10)6-17-13/h1-4,7-9,13,17H,5-6H2,(H,18,19)/t13-/m1/s1. The first-order valence-corrected chi connectivity index (χ1v) is 6.19. The zero-order chi connectivity index (χ0) is 13.1. The number of fused-ring (bicyclic) bond motifs is 1. The summed E-state index contributed by atoms with van der Waals surface area (Å²) >= 11 is 0. The molecule has 1 aliphatic rings. The number of amides is 1. The van der Waals surface area contributed by atoms with E-state index in [4.69, 9.17) is 0 Å². The fourth-order valence-corrected chi connectivity index (χ4v) is 2.23. The summed E-state index contributed by atoms with van der Waals surface area (Å²) in [5, 5.41) is 6.06. The number of nitrogens with one attached hydrogen (secondary N) is 2. The molecule has 0 bridgehead atoms. The highest BCUT2D eigenvalue weighted by atomic mass is 16.2. The van der Waals surface area contributed by atoms with E-state index in [1.54, 1.807) is 12.4 Å². The Hall–Kier alpha value is -2.27. The molecule has 5 nitrogen and oxygen atoms in total. The van der Waals surface area contributed by atoms with Gasteiger partial charge in [-0.3, -0.25) is 4.79 Å². The molecule has 1 amide bonds. The van der Waals surface area contributed by atoms with Crippen molar-refractivity contribution in [3.8, 4) is 0 Å². The van der Waals surface area contributed by atoms with Gasteiger partial charge in [0, 0.05) is 6.54 Å². The van der Waals surface area contributed by atoms with Crippen molar-refractivity contribution < 1.29 is 4.79 Å². The third-order valence-electron chi connectivity index (χ3n) is 3.23. The maximum absolute atomic E-state index is 12.1. The maximum Gasteiger partial charge on any atom is 0.241 e. The third-order valence-corrected chi connectivity index (χ3v) is 3.23. The van der Waals surface area contributed by atoms with Crippen molar-refractivity contribution in [2.75, 3.05) is 5.32 Å². The van der Waals surface area contributed by atoms with E-state index in [9.17, 15) is 4.79 Å². The number of aromatic nitrogens is 2. The van der Waals surface area contributed by atoms with Crippen molar-refractivity contribution in [1.82, 2.24) is 15.3 Å². The van der Waals surface area contributed by atoms with Gasteiger partial charge in [0.2, 0.25) is 5.91 Å². The van der Waals surface area contributed by atoms with E-state index in [2.05, 4.69) is 32.7 Å². The molecule has 0 saturated carbocycles. The van der Waals surface area contributed by atoms with Crippen LogP contribution in [0.5, 0.6) is 0 Å². The van der Waals surface area contributed by atoms with Crippen LogP contribution < -0.4 is 10.6 Å². The second kappa shape index (κ2) is 5.16. The Labute approximate surface area is 111 Å². The maximum atomic E-state index is 12.1. The van der Waals surface area contributed by atoms with Crippen LogP contribution in [0.4, 0.5) is 5.69 Å². The third kappa shape index (κ3) is 2.61. The monoisotopic (exact) mass is 254 g/mol. The van der Waals surface area contributed by atoms with Crippen LogP contribution in [0, 0.1) is 0 Å². The van der Waals surface area contributed by atoms with Gasteiger partial charge in [0.25, 0.3) is 0 Å². The second-order valence-corrected chi connectivity index (χ2v) is 4.52. The molecule has 0 fully saturated rings. The molecule has 2 heterocycles. The second-order valence-electron chi connectivity index (χ2n) is 4.52. The number of nitrogens with zero attached hydrogens (tertiary/aromatic N) is 2. The van der Waals surface area contributed by atoms with Gasteiger partial charge in [-0.15, -0.1) is 0 Å². The van der Waals surface area contributed by atoms with Crippen LogP contribution in [0.25, 0.3) is 0 Å². The summed E-state index contributed by atoms with van der Waals surface area (Å²) in [6.07, 6.45) is 5.31. The molecule has 1 aromatic heterocycles. The lowest BCUT2D eigenvalue weighted by atomic mass is 9.95. The SMILES string of the molecule is O=C(Nc1cncnc1)[C@H]1Cc2ccccc2CN1. The molecule has 19 heavy (non-hydrogen) atoms. The predicted molar refractivity (Wildman–Crippen MR) is 71.4 cm³/mol. The molecule has 1 atom stereocenters. The molecule has 5 heteroatoms. The molecule has 0 unspecified atom stereocenters. The van der Waals surface area contributed by atoms with Gasteiger partial charge in [-0.1, -0.05) is 24.3 Å². The normalized spacial score (nSPS) is 17.6. The molecule has 2 aromatic rings. The molecule has 0 radical (unpaired) electrons. The van der Waals surface area contributed by atoms with Crippen LogP contribution in [-0.2, 0) is 17.8 Å². The number of carbonyl (C=O) groups excluding carboxylic acids is 1. The predicted octanol–water partition coefficient (Wildman–Crippen LogP) is 1.13. The van der Waals surface area contributed by atoms with Gasteiger partial charge in [-0.25, -0.2) is 9.97 Å². The number of benzene rings is 1. The highest BCUT2D eigenvalue weighted by Gasteiger charge is 2.23. The average Bonchev–Trinajstić information content (AvgIpc) is 2.48. The van der Waals surface area contributed by atoms with Crippen molar-refractivity contribution in [3.63, 3.8) is 0 Å². The smallest absolute Gasteiger partial charge is 0.241 e. The fourth-order valence-electron chi connectivity index (χ4n) is 2.23. The minimum absolute atomic E-state index is 0.0516. The lowest BCUT2D eigenvalue weighted by molar-refractivity contribution is -0.118. The number of hydrogen-bond acceptors (Lipinski definition) is 4. The molecule has 2 N–H and O–H groups in total. The highest BCUT2D eigenvalue weighted by molar-refractivity contribution is 5.94. The quantitative estimate of drug-likeness (QED) is 0.843. The first-order chi connectivity index (χ1) is 9.33. The molecule has 0 saturated heterocycles. The Morgan fingerprint density at radius 3 is 2.74 bits per heavy atom. The van der Waals surface area contributed by atoms with Crippen molar-refractivity contribution in [2.24, 2.45) is 0 Å². The first kappa shape index (κ1) is 11.8. The topological polar surface area (TPSA) is 66.9 Å². The number of hydrogen-bond donors (Lipinski definition) is 2. The van der Waals surface area contributed by atoms with Gasteiger partial charge in [0.05, 0.1) is 24.1 Å². The minimum Gasteiger partial charge on any atom is -0.322 e. The summed E-state index contributed by atoms with van der Waals surface area (Å²) in [6.45, 7) is 0.722. The molecular weight excluding hydrogens is 240 g/mol. The van der Waals surface area contributed by atoms with Crippen molar-refractivity contribution in [3.05, 3.63) is 54.1 Å². The Morgan fingerprint density at radius 1 is 1.21 bits per heavy atom. The minimum atomic E-state index is -0.213. The van der Waals surface area contributed by atoms with Gasteiger partial charge >= 0.3 is 0 Å². The summed E-state index contributed by atoms with van der Waals surface area (Å²) < 4.78 is 0. The van der Waals surface area contributed by atoms with Gasteiger partial charge in [-0.05, 0) is 17.5 Å². The molecule has 1 aromatic carbocycles. The fraction of sp³-hybridized carbons (Fsp3) is 0.214. The van der Waals surface area contributed by atoms with E-state index in [0.29, 0.717) is 12.1 Å². The zero-order valence-corrected chi connectivity index (χ0v) is 10.3. The van der Waals surface area contributed by atoms with Crippen LogP contribution in [0.2, 0.25) is 0 Å². The van der Waals surface area contributed by atoms with Crippen LogP contribution in [0.1, 0.15) is 11.1 Å². The largest absolute Gasteiger partial charge is 0.322 e. The summed E-state index contributed by atoms with van der Waals surface area (Å²) in [4.78, 5) is 19.9. The summed E-state index contributed by atoms with van der Waals surface area (Å²) in [7, 11) is 0. The van der Waals surface area contributed by atoms with E-state index < -0.39 is 0 Å². The summed E-state index contributed by atoms with van der Waals surface area (Å²) in [6, 6.07) is 7.96. The number of rotatable bonds is 2. The van der Waals surface area contributed by atoms with Crippen molar-refractivity contribution in [1.29, 1.82) is 0 Å². The Morgan fingerprint density at radius 2 is 1.95 bits per heavy atom. The Balaban J connectivity index is 1.70. The van der Waals surface area contributed by atoms with Gasteiger partial charge in [0.15, 0.2) is 0 Å². The molecule has 0 aliphatic carbocycles. The lowest BCUT2D eigenvalue weighted by Gasteiger charge is -2.25. The van der Waals surface area contributed by atoms with E-state index in [1.807, 2.05) is 12.1 Å². The van der Waals surface area contributed by atoms with E-state index in [0.717, 1.165) is 6.54 Å². The molecule has 0 spiro atoms. The summed E-state index contributed by atoms with van der Waals surface area (Å²) in [5.41, 5.74) is 3.11. The van der Waals surface area contributed by atoms with Gasteiger partial charge in [-0.2, -0.15) is 0 Å². The van der Waals surface area contributed by atoms with Crippen LogP contribution in [-0.4, -0.2) is 21.9 Å². The zero-order valence-electron chi connectivity index (χ0n) is 10.3. The lowest BCUT2D eigenvalue weighted by Crippen LogP contribution is -2.44. The van der Waals surface area contributed by atoms with E-state index in [1.165, 1.54) is 17.5 Å².